The van der Waals surface area contributed by atoms with E-state index in [9.17, 15) is 18.8 Å². The van der Waals surface area contributed by atoms with E-state index in [1.54, 1.807) is 13.8 Å². The highest BCUT2D eigenvalue weighted by molar-refractivity contribution is 5.99. The second-order valence-electron chi connectivity index (χ2n) is 5.01. The van der Waals surface area contributed by atoms with E-state index < -0.39 is 35.5 Å². The van der Waals surface area contributed by atoms with Crippen LogP contribution in [0.3, 0.4) is 0 Å². The van der Waals surface area contributed by atoms with Crippen LogP contribution >= 0.6 is 0 Å². The molecule has 1 rings (SSSR count). The van der Waals surface area contributed by atoms with Crippen LogP contribution in [0.4, 0.5) is 4.39 Å². The van der Waals surface area contributed by atoms with Crippen molar-refractivity contribution in [2.75, 3.05) is 20.3 Å². The van der Waals surface area contributed by atoms with Gasteiger partial charge in [0.25, 0.3) is 0 Å². The van der Waals surface area contributed by atoms with Gasteiger partial charge >= 0.3 is 11.9 Å². The molecule has 0 saturated carbocycles. The third-order valence-electron chi connectivity index (χ3n) is 3.46. The summed E-state index contributed by atoms with van der Waals surface area (Å²) in [6, 6.07) is 5.29. The van der Waals surface area contributed by atoms with Crippen molar-refractivity contribution in [3.63, 3.8) is 0 Å². The molecule has 1 amide bonds. The van der Waals surface area contributed by atoms with Gasteiger partial charge in [-0.25, -0.2) is 4.39 Å². The number of rotatable bonds is 8. The molecule has 0 spiro atoms. The monoisotopic (exact) mass is 339 g/mol. The van der Waals surface area contributed by atoms with E-state index in [0.717, 1.165) is 0 Å². The molecule has 24 heavy (non-hydrogen) atoms. The number of carbonyl (C=O) groups is 3. The lowest BCUT2D eigenvalue weighted by molar-refractivity contribution is -0.154. The second kappa shape index (κ2) is 9.64. The summed E-state index contributed by atoms with van der Waals surface area (Å²) in [5, 5.41) is 2.41. The van der Waals surface area contributed by atoms with E-state index >= 15 is 0 Å². The number of nitrogens with one attached hydrogen (secondary N) is 1. The van der Waals surface area contributed by atoms with Crippen molar-refractivity contribution in [2.24, 2.45) is 5.92 Å². The maximum atomic E-state index is 13.2. The fraction of sp³-hybridized carbons (Fsp3) is 0.471. The summed E-state index contributed by atoms with van der Waals surface area (Å²) in [6.45, 7) is 3.56. The first-order valence-corrected chi connectivity index (χ1v) is 7.73. The van der Waals surface area contributed by atoms with Gasteiger partial charge in [0.2, 0.25) is 5.91 Å². The Hall–Kier alpha value is -2.44. The fourth-order valence-electron chi connectivity index (χ4n) is 2.38. The van der Waals surface area contributed by atoms with Crippen molar-refractivity contribution < 1.29 is 28.2 Å². The minimum absolute atomic E-state index is 0.0991. The number of amides is 1. The van der Waals surface area contributed by atoms with Gasteiger partial charge in [0.05, 0.1) is 19.6 Å². The molecule has 0 bridgehead atoms. The van der Waals surface area contributed by atoms with Crippen molar-refractivity contribution in [3.05, 3.63) is 35.6 Å². The molecule has 0 radical (unpaired) electrons. The molecular formula is C17H22FNO5. The highest BCUT2D eigenvalue weighted by Gasteiger charge is 2.38. The molecule has 0 aromatic heterocycles. The number of hydrogen-bond acceptors (Lipinski definition) is 5. The Balaban J connectivity index is 3.24. The lowest BCUT2D eigenvalue weighted by Crippen LogP contribution is -2.39. The largest absolute Gasteiger partial charge is 0.466 e. The van der Waals surface area contributed by atoms with E-state index in [-0.39, 0.29) is 19.6 Å². The van der Waals surface area contributed by atoms with Crippen LogP contribution in [0.25, 0.3) is 0 Å². The van der Waals surface area contributed by atoms with E-state index in [0.29, 0.717) is 5.56 Å². The zero-order chi connectivity index (χ0) is 18.1. The number of hydrogen-bond donors (Lipinski definition) is 1. The Morgan fingerprint density at radius 1 is 1.08 bits per heavy atom. The first-order valence-electron chi connectivity index (χ1n) is 7.73. The summed E-state index contributed by atoms with van der Waals surface area (Å²) >= 11 is 0. The summed E-state index contributed by atoms with van der Waals surface area (Å²) in [5.74, 6) is -4.37. The van der Waals surface area contributed by atoms with Crippen LogP contribution in [0.2, 0.25) is 0 Å². The second-order valence-corrected chi connectivity index (χ2v) is 5.01. The maximum Gasteiger partial charge on any atom is 0.319 e. The fourth-order valence-corrected chi connectivity index (χ4v) is 2.38. The minimum atomic E-state index is -1.23. The number of esters is 2. The minimum Gasteiger partial charge on any atom is -0.466 e. The average molecular weight is 339 g/mol. The van der Waals surface area contributed by atoms with Gasteiger partial charge in [0.1, 0.15) is 11.7 Å². The lowest BCUT2D eigenvalue weighted by atomic mass is 9.82. The van der Waals surface area contributed by atoms with Crippen molar-refractivity contribution in [3.8, 4) is 0 Å². The number of benzene rings is 1. The van der Waals surface area contributed by atoms with E-state index in [1.165, 1.54) is 31.3 Å². The van der Waals surface area contributed by atoms with E-state index in [4.69, 9.17) is 9.47 Å². The molecule has 0 heterocycles. The van der Waals surface area contributed by atoms with Crippen molar-refractivity contribution in [2.45, 2.75) is 26.2 Å². The summed E-state index contributed by atoms with van der Waals surface area (Å²) in [4.78, 5) is 36.4. The smallest absolute Gasteiger partial charge is 0.319 e. The quantitative estimate of drug-likeness (QED) is 0.577. The van der Waals surface area contributed by atoms with Crippen LogP contribution in [-0.4, -0.2) is 38.1 Å². The number of ether oxygens (including phenoxy) is 2. The highest BCUT2D eigenvalue weighted by atomic mass is 19.1. The molecule has 0 aliphatic rings. The lowest BCUT2D eigenvalue weighted by Gasteiger charge is -2.24. The summed E-state index contributed by atoms with van der Waals surface area (Å²) in [7, 11) is 1.39. The molecule has 0 fully saturated rings. The summed E-state index contributed by atoms with van der Waals surface area (Å²) in [5.41, 5.74) is 0.478. The van der Waals surface area contributed by atoms with Gasteiger partial charge in [0, 0.05) is 13.0 Å². The third kappa shape index (κ3) is 5.33. The molecule has 2 unspecified atom stereocenters. The molecule has 1 N–H and O–H groups in total. The number of carbonyl (C=O) groups excluding carboxylic acids is 3. The standard InChI is InChI=1S/C17H22FNO5/c1-4-23-14(20)10-13(11-6-8-12(18)9-7-11)15(16(21)19-3)17(22)24-5-2/h6-9,13,15H,4-5,10H2,1-3H3,(H,19,21). The zero-order valence-electron chi connectivity index (χ0n) is 14.0. The van der Waals surface area contributed by atoms with Gasteiger partial charge in [-0.05, 0) is 31.5 Å². The molecule has 0 aliphatic heterocycles. The summed E-state index contributed by atoms with van der Waals surface area (Å²) < 4.78 is 23.1. The van der Waals surface area contributed by atoms with Crippen molar-refractivity contribution in [1.29, 1.82) is 0 Å². The average Bonchev–Trinajstić information content (AvgIpc) is 2.55. The van der Waals surface area contributed by atoms with Gasteiger partial charge < -0.3 is 14.8 Å². The van der Waals surface area contributed by atoms with Gasteiger partial charge in [-0.1, -0.05) is 12.1 Å². The molecule has 132 valence electrons. The summed E-state index contributed by atoms with van der Waals surface area (Å²) in [6.07, 6.45) is -0.198. The molecule has 0 aliphatic carbocycles. The topological polar surface area (TPSA) is 81.7 Å². The normalized spacial score (nSPS) is 12.8. The molecular weight excluding hydrogens is 317 g/mol. The van der Waals surface area contributed by atoms with Crippen LogP contribution in [0.5, 0.6) is 0 Å². The van der Waals surface area contributed by atoms with Crippen LogP contribution in [-0.2, 0) is 23.9 Å². The van der Waals surface area contributed by atoms with Crippen molar-refractivity contribution in [1.82, 2.24) is 5.32 Å². The van der Waals surface area contributed by atoms with Gasteiger partial charge in [-0.2, -0.15) is 0 Å². The first kappa shape index (κ1) is 19.6. The van der Waals surface area contributed by atoms with Gasteiger partial charge in [0.15, 0.2) is 0 Å². The van der Waals surface area contributed by atoms with E-state index in [2.05, 4.69) is 5.32 Å². The van der Waals surface area contributed by atoms with Crippen LogP contribution in [0.1, 0.15) is 31.7 Å². The highest BCUT2D eigenvalue weighted by Crippen LogP contribution is 2.30. The van der Waals surface area contributed by atoms with Crippen molar-refractivity contribution >= 4 is 17.8 Å². The molecule has 1 aromatic rings. The van der Waals surface area contributed by atoms with Crippen LogP contribution < -0.4 is 5.32 Å². The molecule has 2 atom stereocenters. The molecule has 6 nitrogen and oxygen atoms in total. The molecule has 7 heteroatoms. The maximum absolute atomic E-state index is 13.2. The van der Waals surface area contributed by atoms with Gasteiger partial charge in [-0.3, -0.25) is 14.4 Å². The first-order chi connectivity index (χ1) is 11.4. The Labute approximate surface area is 140 Å². The Morgan fingerprint density at radius 3 is 2.17 bits per heavy atom. The predicted octanol–water partition coefficient (Wildman–Crippen LogP) is 1.79. The predicted molar refractivity (Wildman–Crippen MR) is 84.6 cm³/mol. The van der Waals surface area contributed by atoms with Gasteiger partial charge in [-0.15, -0.1) is 0 Å². The van der Waals surface area contributed by atoms with E-state index in [1.807, 2.05) is 0 Å². The van der Waals surface area contributed by atoms with Crippen LogP contribution in [0.15, 0.2) is 24.3 Å². The Kier molecular flexibility index (Phi) is 7.88. The van der Waals surface area contributed by atoms with Crippen LogP contribution in [0, 0.1) is 11.7 Å². The SMILES string of the molecule is CCOC(=O)CC(c1ccc(F)cc1)C(C(=O)NC)C(=O)OCC. The third-order valence-corrected chi connectivity index (χ3v) is 3.46. The molecule has 1 aromatic carbocycles. The number of halogens is 1. The Bertz CT molecular complexity index is 573. The Morgan fingerprint density at radius 2 is 1.67 bits per heavy atom. The molecule has 0 saturated heterocycles. The zero-order valence-corrected chi connectivity index (χ0v) is 14.0.